The van der Waals surface area contributed by atoms with Gasteiger partial charge in [-0.1, -0.05) is 23.2 Å². The van der Waals surface area contributed by atoms with Crippen LogP contribution in [0.3, 0.4) is 0 Å². The van der Waals surface area contributed by atoms with Crippen LogP contribution in [0.4, 0.5) is 5.82 Å². The fraction of sp³-hybridized carbons (Fsp3) is 0.100. The maximum absolute atomic E-state index is 11.4. The predicted octanol–water partition coefficient (Wildman–Crippen LogP) is 2.56. The van der Waals surface area contributed by atoms with E-state index in [-0.39, 0.29) is 21.6 Å². The maximum atomic E-state index is 11.4. The van der Waals surface area contributed by atoms with Crippen LogP contribution >= 0.6 is 39.1 Å². The van der Waals surface area contributed by atoms with Gasteiger partial charge in [0.25, 0.3) is 10.1 Å². The van der Waals surface area contributed by atoms with Crippen LogP contribution in [0.15, 0.2) is 27.7 Å². The molecule has 0 bridgehead atoms. The molecule has 2 N–H and O–H groups in total. The summed E-state index contributed by atoms with van der Waals surface area (Å²) in [6.07, 6.45) is 2.25. The summed E-state index contributed by atoms with van der Waals surface area (Å²) in [5, 5.41) is 3.64. The number of sulfonamides is 1. The molecule has 0 aliphatic rings. The topological polar surface area (TPSA) is 118 Å². The second-order valence-corrected chi connectivity index (χ2v) is 9.18. The Balaban J connectivity index is 2.70. The number of anilines is 1. The van der Waals surface area contributed by atoms with Gasteiger partial charge in [0.1, 0.15) is 5.69 Å². The molecule has 8 nitrogen and oxygen atoms in total. The average molecular weight is 465 g/mol. The molecule has 1 aromatic carbocycles. The zero-order valence-corrected chi connectivity index (χ0v) is 15.9. The Morgan fingerprint density at radius 3 is 2.17 bits per heavy atom. The van der Waals surface area contributed by atoms with Crippen LogP contribution in [0.2, 0.25) is 10.0 Å². The van der Waals surface area contributed by atoms with E-state index >= 15 is 0 Å². The van der Waals surface area contributed by atoms with Gasteiger partial charge in [-0.2, -0.15) is 13.5 Å². The van der Waals surface area contributed by atoms with Gasteiger partial charge >= 0.3 is 0 Å². The maximum Gasteiger partial charge on any atom is 0.294 e. The molecule has 126 valence electrons. The number of hydrogen-bond donors (Lipinski definition) is 2. The van der Waals surface area contributed by atoms with Crippen molar-refractivity contribution >= 4 is 65.1 Å². The van der Waals surface area contributed by atoms with Crippen molar-refractivity contribution in [3.05, 3.63) is 32.8 Å². The molecule has 0 saturated carbocycles. The lowest BCUT2D eigenvalue weighted by atomic mass is 10.3. The number of hydrogen-bond acceptors (Lipinski definition) is 5. The van der Waals surface area contributed by atoms with Gasteiger partial charge < -0.3 is 0 Å². The zero-order chi connectivity index (χ0) is 17.6. The number of benzene rings is 1. The van der Waals surface area contributed by atoms with Gasteiger partial charge in [0.2, 0.25) is 10.0 Å². The summed E-state index contributed by atoms with van der Waals surface area (Å²) in [6, 6.07) is 1.94. The summed E-state index contributed by atoms with van der Waals surface area (Å²) >= 11 is 15.2. The van der Waals surface area contributed by atoms with E-state index in [0.29, 0.717) is 4.47 Å². The van der Waals surface area contributed by atoms with Crippen molar-refractivity contribution in [2.45, 2.75) is 4.90 Å². The first kappa shape index (κ1) is 18.5. The normalized spacial score (nSPS) is 12.4. The number of halogens is 3. The molecular formula is C10H8BrCl2N3O5S2. The number of nitrogens with zero attached hydrogens (tertiary/aromatic N) is 2. The smallest absolute Gasteiger partial charge is 0.282 e. The molecule has 23 heavy (non-hydrogen) atoms. The van der Waals surface area contributed by atoms with Crippen molar-refractivity contribution in [3.8, 4) is 5.69 Å². The molecule has 0 saturated heterocycles. The van der Waals surface area contributed by atoms with Crippen molar-refractivity contribution in [1.82, 2.24) is 9.78 Å². The highest BCUT2D eigenvalue weighted by Gasteiger charge is 2.21. The minimum Gasteiger partial charge on any atom is -0.282 e. The minimum absolute atomic E-state index is 0.0240. The molecular weight excluding hydrogens is 457 g/mol. The first-order valence-corrected chi connectivity index (χ1v) is 10.5. The van der Waals surface area contributed by atoms with Gasteiger partial charge in [-0.15, -0.1) is 0 Å². The fourth-order valence-corrected chi connectivity index (χ4v) is 4.01. The van der Waals surface area contributed by atoms with Crippen molar-refractivity contribution in [1.29, 1.82) is 0 Å². The second kappa shape index (κ2) is 6.22. The van der Waals surface area contributed by atoms with Crippen molar-refractivity contribution in [2.24, 2.45) is 0 Å². The predicted molar refractivity (Wildman–Crippen MR) is 89.6 cm³/mol. The first-order valence-electron chi connectivity index (χ1n) is 5.58. The van der Waals surface area contributed by atoms with Crippen molar-refractivity contribution in [3.63, 3.8) is 0 Å². The summed E-state index contributed by atoms with van der Waals surface area (Å²) in [5.41, 5.74) is 0.0394. The van der Waals surface area contributed by atoms with Gasteiger partial charge in [0.15, 0.2) is 5.82 Å². The fourth-order valence-electron chi connectivity index (χ4n) is 1.66. The Bertz CT molecular complexity index is 965. The van der Waals surface area contributed by atoms with E-state index in [4.69, 9.17) is 27.8 Å². The first-order chi connectivity index (χ1) is 10.4. The van der Waals surface area contributed by atoms with Gasteiger partial charge in [-0.25, -0.2) is 13.1 Å². The molecule has 0 unspecified atom stereocenters. The summed E-state index contributed by atoms with van der Waals surface area (Å²) in [5.74, 6) is 0.0240. The van der Waals surface area contributed by atoms with Crippen LogP contribution in [0.25, 0.3) is 5.69 Å². The summed E-state index contributed by atoms with van der Waals surface area (Å²) in [6.45, 7) is 0. The average Bonchev–Trinajstić information content (AvgIpc) is 2.68. The lowest BCUT2D eigenvalue weighted by Crippen LogP contribution is -2.14. The number of nitrogens with one attached hydrogen (secondary N) is 1. The highest BCUT2D eigenvalue weighted by atomic mass is 79.9. The van der Waals surface area contributed by atoms with Crippen molar-refractivity contribution < 1.29 is 21.4 Å². The van der Waals surface area contributed by atoms with E-state index in [2.05, 4.69) is 25.8 Å². The Hall–Kier alpha value is -0.850. The van der Waals surface area contributed by atoms with E-state index in [1.165, 1.54) is 6.20 Å². The SMILES string of the molecule is CS(=O)(=O)Nc1c(Br)cnn1-c1c(Cl)cc(S(=O)(=O)O)cc1Cl. The van der Waals surface area contributed by atoms with Gasteiger partial charge in [0, 0.05) is 0 Å². The summed E-state index contributed by atoms with van der Waals surface area (Å²) in [4.78, 5) is -0.500. The molecule has 2 rings (SSSR count). The van der Waals surface area contributed by atoms with E-state index in [1.54, 1.807) is 0 Å². The monoisotopic (exact) mass is 463 g/mol. The molecule has 0 aliphatic heterocycles. The van der Waals surface area contributed by atoms with E-state index < -0.39 is 25.0 Å². The third kappa shape index (κ3) is 4.17. The van der Waals surface area contributed by atoms with Crippen LogP contribution in [0, 0.1) is 0 Å². The zero-order valence-electron chi connectivity index (χ0n) is 11.2. The second-order valence-electron chi connectivity index (χ2n) is 4.34. The van der Waals surface area contributed by atoms with Gasteiger partial charge in [-0.3, -0.25) is 9.27 Å². The highest BCUT2D eigenvalue weighted by molar-refractivity contribution is 9.10. The molecule has 1 heterocycles. The molecule has 0 aliphatic carbocycles. The summed E-state index contributed by atoms with van der Waals surface area (Å²) < 4.78 is 57.9. The molecule has 1 aromatic heterocycles. The number of aromatic nitrogens is 2. The quantitative estimate of drug-likeness (QED) is 0.671. The van der Waals surface area contributed by atoms with Crippen LogP contribution in [-0.2, 0) is 20.1 Å². The van der Waals surface area contributed by atoms with Crippen molar-refractivity contribution in [2.75, 3.05) is 11.0 Å². The van der Waals surface area contributed by atoms with Gasteiger partial charge in [-0.05, 0) is 28.1 Å². The van der Waals surface area contributed by atoms with Crippen LogP contribution in [0.1, 0.15) is 0 Å². The van der Waals surface area contributed by atoms with E-state index in [0.717, 1.165) is 23.1 Å². The highest BCUT2D eigenvalue weighted by Crippen LogP contribution is 2.35. The minimum atomic E-state index is -4.50. The standard InChI is InChI=1S/C10H8BrCl2N3O5S2/c1-22(17,18)15-10-6(11)4-14-16(10)9-7(12)2-5(3-8(9)13)23(19,20)21/h2-4,15H,1H3,(H,19,20,21). The lowest BCUT2D eigenvalue weighted by molar-refractivity contribution is 0.483. The Morgan fingerprint density at radius 1 is 1.22 bits per heavy atom. The molecule has 13 heteroatoms. The third-order valence-corrected chi connectivity index (χ3v) is 5.06. The molecule has 2 aromatic rings. The summed E-state index contributed by atoms with van der Waals surface area (Å²) in [7, 11) is -8.12. The molecule has 0 atom stereocenters. The molecule has 0 fully saturated rings. The lowest BCUT2D eigenvalue weighted by Gasteiger charge is -2.13. The molecule has 0 radical (unpaired) electrons. The van der Waals surface area contributed by atoms with Crippen LogP contribution < -0.4 is 4.72 Å². The van der Waals surface area contributed by atoms with Crippen LogP contribution in [-0.4, -0.2) is 37.4 Å². The molecule has 0 amide bonds. The third-order valence-electron chi connectivity index (χ3n) is 2.51. The Labute approximate surface area is 150 Å². The van der Waals surface area contributed by atoms with Gasteiger partial charge in [0.05, 0.1) is 31.9 Å². The Kier molecular flexibility index (Phi) is 5.00. The van der Waals surface area contributed by atoms with E-state index in [1.807, 2.05) is 0 Å². The largest absolute Gasteiger partial charge is 0.294 e. The van der Waals surface area contributed by atoms with E-state index in [9.17, 15) is 16.8 Å². The van der Waals surface area contributed by atoms with Crippen LogP contribution in [0.5, 0.6) is 0 Å². The number of rotatable bonds is 4. The molecule has 0 spiro atoms. The Morgan fingerprint density at radius 2 is 1.74 bits per heavy atom.